The fraction of sp³-hybridized carbons (Fsp3) is 0.591. The Morgan fingerprint density at radius 3 is 2.85 bits per heavy atom. The number of aliphatic hydroxyl groups excluding tert-OH is 1. The lowest BCUT2D eigenvalue weighted by Crippen LogP contribution is -2.33. The Hall–Kier alpha value is -1.39. The molecule has 4 rings (SSSR count). The van der Waals surface area contributed by atoms with E-state index in [4.69, 9.17) is 10.1 Å². The fourth-order valence-corrected chi connectivity index (χ4v) is 5.43. The highest BCUT2D eigenvalue weighted by Crippen LogP contribution is 2.40. The molecular formula is C22H30N2OS. The number of aromatic nitrogens is 1. The smallest absolute Gasteiger partial charge is 0.185 e. The molecule has 2 heterocycles. The molecule has 26 heavy (non-hydrogen) atoms. The third kappa shape index (κ3) is 3.54. The van der Waals surface area contributed by atoms with Gasteiger partial charge in [-0.3, -0.25) is 0 Å². The van der Waals surface area contributed by atoms with E-state index in [0.717, 1.165) is 31.1 Å². The zero-order chi connectivity index (χ0) is 18.1. The first kappa shape index (κ1) is 18.0. The van der Waals surface area contributed by atoms with Gasteiger partial charge < -0.3 is 10.0 Å². The third-order valence-electron chi connectivity index (χ3n) is 6.30. The summed E-state index contributed by atoms with van der Waals surface area (Å²) in [6, 6.07) is 6.94. The molecular weight excluding hydrogens is 340 g/mol. The van der Waals surface area contributed by atoms with Crippen LogP contribution in [-0.4, -0.2) is 29.8 Å². The van der Waals surface area contributed by atoms with Crippen molar-refractivity contribution >= 4 is 16.5 Å². The van der Waals surface area contributed by atoms with Crippen LogP contribution in [0.15, 0.2) is 23.6 Å². The molecule has 0 bridgehead atoms. The van der Waals surface area contributed by atoms with Gasteiger partial charge in [0.15, 0.2) is 5.13 Å². The summed E-state index contributed by atoms with van der Waals surface area (Å²) in [4.78, 5) is 7.40. The molecule has 0 unspecified atom stereocenters. The zero-order valence-electron chi connectivity index (χ0n) is 16.0. The Balaban J connectivity index is 1.44. The number of piperidine rings is 1. The topological polar surface area (TPSA) is 36.4 Å². The molecule has 1 aromatic carbocycles. The van der Waals surface area contributed by atoms with Gasteiger partial charge in [-0.1, -0.05) is 26.0 Å². The van der Waals surface area contributed by atoms with Gasteiger partial charge in [-0.2, -0.15) is 0 Å². The van der Waals surface area contributed by atoms with E-state index in [1.54, 1.807) is 11.3 Å². The van der Waals surface area contributed by atoms with Crippen LogP contribution in [0, 0.1) is 5.92 Å². The molecule has 0 spiro atoms. The molecule has 2 aromatic rings. The molecule has 1 fully saturated rings. The lowest BCUT2D eigenvalue weighted by Gasteiger charge is -2.31. The second-order valence-electron chi connectivity index (χ2n) is 8.57. The van der Waals surface area contributed by atoms with Gasteiger partial charge in [0.1, 0.15) is 0 Å². The van der Waals surface area contributed by atoms with Gasteiger partial charge in [-0.05, 0) is 67.1 Å². The Morgan fingerprint density at radius 2 is 2.08 bits per heavy atom. The number of aryl methyl sites for hydroxylation is 1. The second kappa shape index (κ2) is 7.32. The molecule has 0 atom stereocenters. The van der Waals surface area contributed by atoms with Crippen LogP contribution in [0.2, 0.25) is 0 Å². The maximum absolute atomic E-state index is 9.01. The summed E-state index contributed by atoms with van der Waals surface area (Å²) in [7, 11) is 0. The van der Waals surface area contributed by atoms with E-state index in [1.807, 2.05) is 0 Å². The van der Waals surface area contributed by atoms with E-state index in [2.05, 4.69) is 42.3 Å². The Bertz CT molecular complexity index is 759. The minimum atomic E-state index is 0.321. The predicted molar refractivity (Wildman–Crippen MR) is 110 cm³/mol. The molecule has 1 saturated heterocycles. The van der Waals surface area contributed by atoms with Crippen LogP contribution in [0.1, 0.15) is 57.1 Å². The number of hydrogen-bond donors (Lipinski definition) is 1. The number of fused-ring (bicyclic) bond motifs is 1. The summed E-state index contributed by atoms with van der Waals surface area (Å²) in [5.41, 5.74) is 5.73. The van der Waals surface area contributed by atoms with Gasteiger partial charge in [-0.25, -0.2) is 4.98 Å². The van der Waals surface area contributed by atoms with Crippen molar-refractivity contribution in [1.29, 1.82) is 0 Å². The van der Waals surface area contributed by atoms with Crippen molar-refractivity contribution in [3.63, 3.8) is 0 Å². The van der Waals surface area contributed by atoms with Crippen molar-refractivity contribution in [1.82, 2.24) is 4.98 Å². The van der Waals surface area contributed by atoms with Crippen LogP contribution in [-0.2, 0) is 11.8 Å². The lowest BCUT2D eigenvalue weighted by molar-refractivity contribution is 0.261. The maximum atomic E-state index is 9.01. The van der Waals surface area contributed by atoms with Gasteiger partial charge in [-0.15, -0.1) is 11.3 Å². The standard InChI is InChI=1S/C22H30N2OS/c1-22(2)10-7-17-14-18(5-6-19(17)22)20-15-26-21(23-20)24-11-8-16(9-12-24)4-3-13-25/h5-6,14-16,25H,3-4,7-13H2,1-2H3. The minimum absolute atomic E-state index is 0.321. The van der Waals surface area contributed by atoms with Gasteiger partial charge in [0, 0.05) is 30.6 Å². The molecule has 1 aromatic heterocycles. The monoisotopic (exact) mass is 370 g/mol. The predicted octanol–water partition coefficient (Wildman–Crippen LogP) is 5.02. The summed E-state index contributed by atoms with van der Waals surface area (Å²) in [6.45, 7) is 7.23. The lowest BCUT2D eigenvalue weighted by atomic mass is 9.86. The van der Waals surface area contributed by atoms with Gasteiger partial charge >= 0.3 is 0 Å². The second-order valence-corrected chi connectivity index (χ2v) is 9.40. The number of nitrogens with zero attached hydrogens (tertiary/aromatic N) is 2. The summed E-state index contributed by atoms with van der Waals surface area (Å²) < 4.78 is 0. The number of hydrogen-bond acceptors (Lipinski definition) is 4. The zero-order valence-corrected chi connectivity index (χ0v) is 16.8. The van der Waals surface area contributed by atoms with Crippen LogP contribution in [0.3, 0.4) is 0 Å². The average molecular weight is 371 g/mol. The van der Waals surface area contributed by atoms with Crippen molar-refractivity contribution < 1.29 is 5.11 Å². The molecule has 1 aliphatic heterocycles. The number of thiazole rings is 1. The van der Waals surface area contributed by atoms with Crippen molar-refractivity contribution in [3.8, 4) is 11.3 Å². The van der Waals surface area contributed by atoms with E-state index in [9.17, 15) is 0 Å². The first-order valence-corrected chi connectivity index (χ1v) is 10.9. The highest BCUT2D eigenvalue weighted by atomic mass is 32.1. The molecule has 2 aliphatic rings. The highest BCUT2D eigenvalue weighted by molar-refractivity contribution is 7.14. The van der Waals surface area contributed by atoms with Crippen molar-refractivity contribution in [3.05, 3.63) is 34.7 Å². The van der Waals surface area contributed by atoms with E-state index in [0.29, 0.717) is 12.0 Å². The number of aliphatic hydroxyl groups is 1. The van der Waals surface area contributed by atoms with Gasteiger partial charge in [0.25, 0.3) is 0 Å². The summed E-state index contributed by atoms with van der Waals surface area (Å²) >= 11 is 1.78. The highest BCUT2D eigenvalue weighted by Gasteiger charge is 2.29. The average Bonchev–Trinajstić information content (AvgIpc) is 3.25. The Morgan fingerprint density at radius 1 is 1.27 bits per heavy atom. The van der Waals surface area contributed by atoms with E-state index < -0.39 is 0 Å². The van der Waals surface area contributed by atoms with Crippen LogP contribution >= 0.6 is 11.3 Å². The first-order chi connectivity index (χ1) is 12.6. The van der Waals surface area contributed by atoms with Gasteiger partial charge in [0.2, 0.25) is 0 Å². The van der Waals surface area contributed by atoms with Crippen LogP contribution in [0.25, 0.3) is 11.3 Å². The third-order valence-corrected chi connectivity index (χ3v) is 7.20. The molecule has 0 amide bonds. The number of benzene rings is 1. The molecule has 140 valence electrons. The molecule has 1 N–H and O–H groups in total. The molecule has 1 aliphatic carbocycles. The van der Waals surface area contributed by atoms with Crippen molar-refractivity contribution in [2.45, 2.75) is 57.8 Å². The number of rotatable bonds is 5. The molecule has 0 radical (unpaired) electrons. The first-order valence-electron chi connectivity index (χ1n) is 10.0. The van der Waals surface area contributed by atoms with E-state index in [-0.39, 0.29) is 0 Å². The summed E-state index contributed by atoms with van der Waals surface area (Å²) in [5.74, 6) is 0.776. The van der Waals surface area contributed by atoms with Crippen LogP contribution in [0.4, 0.5) is 5.13 Å². The SMILES string of the molecule is CC1(C)CCc2cc(-c3csc(N4CCC(CCCO)CC4)n3)ccc21. The van der Waals surface area contributed by atoms with E-state index >= 15 is 0 Å². The normalized spacial score (nSPS) is 19.7. The fourth-order valence-electron chi connectivity index (χ4n) is 4.54. The maximum Gasteiger partial charge on any atom is 0.185 e. The van der Waals surface area contributed by atoms with Gasteiger partial charge in [0.05, 0.1) is 5.69 Å². The largest absolute Gasteiger partial charge is 0.396 e. The summed E-state index contributed by atoms with van der Waals surface area (Å²) in [5, 5.41) is 12.4. The van der Waals surface area contributed by atoms with Crippen molar-refractivity contribution in [2.75, 3.05) is 24.6 Å². The number of anilines is 1. The van der Waals surface area contributed by atoms with Crippen LogP contribution in [0.5, 0.6) is 0 Å². The van der Waals surface area contributed by atoms with Crippen molar-refractivity contribution in [2.24, 2.45) is 5.92 Å². The van der Waals surface area contributed by atoms with E-state index in [1.165, 1.54) is 53.9 Å². The summed E-state index contributed by atoms with van der Waals surface area (Å²) in [6.07, 6.45) is 7.00. The minimum Gasteiger partial charge on any atom is -0.396 e. The van der Waals surface area contributed by atoms with Crippen LogP contribution < -0.4 is 4.90 Å². The Labute approximate surface area is 161 Å². The quantitative estimate of drug-likeness (QED) is 0.802. The molecule has 3 nitrogen and oxygen atoms in total. The Kier molecular flexibility index (Phi) is 5.07. The molecule has 0 saturated carbocycles. The molecule has 4 heteroatoms.